The Hall–Kier alpha value is -2.24. The number of hydrogen-bond acceptors (Lipinski definition) is 5. The molecule has 2 rings (SSSR count). The van der Waals surface area contributed by atoms with Gasteiger partial charge >= 0.3 is 0 Å². The van der Waals surface area contributed by atoms with E-state index in [1.807, 2.05) is 17.0 Å². The monoisotopic (exact) mass is 334 g/mol. The topological polar surface area (TPSA) is 60.4 Å². The summed E-state index contributed by atoms with van der Waals surface area (Å²) in [5.74, 6) is 1.18. The van der Waals surface area contributed by atoms with Crippen molar-refractivity contribution >= 4 is 12.1 Å². The molecule has 6 heteroatoms. The molecule has 0 N–H and O–H groups in total. The van der Waals surface area contributed by atoms with Gasteiger partial charge in [0.25, 0.3) is 5.91 Å². The quantitative estimate of drug-likeness (QED) is 0.593. The second kappa shape index (κ2) is 8.57. The maximum atomic E-state index is 12.3. The molecule has 24 heavy (non-hydrogen) atoms. The Bertz CT molecular complexity index is 578. The van der Waals surface area contributed by atoms with Gasteiger partial charge in [-0.25, -0.2) is 0 Å². The fourth-order valence-electron chi connectivity index (χ4n) is 3.19. The van der Waals surface area contributed by atoms with Crippen molar-refractivity contribution in [3.63, 3.8) is 0 Å². The van der Waals surface area contributed by atoms with Crippen LogP contribution >= 0.6 is 0 Å². The van der Waals surface area contributed by atoms with Crippen molar-refractivity contribution in [1.82, 2.24) is 4.90 Å². The highest BCUT2D eigenvalue weighted by Gasteiger charge is 2.28. The van der Waals surface area contributed by atoms with Gasteiger partial charge in [-0.2, -0.15) is 0 Å². The van der Waals surface area contributed by atoms with Crippen LogP contribution in [0.1, 0.15) is 38.7 Å². The average Bonchev–Trinajstić information content (AvgIpc) is 2.58. The number of likely N-dealkylation sites (tertiary alicyclic amines) is 1. The molecule has 0 aliphatic carbocycles. The number of ether oxygens (including phenoxy) is 2. The molecule has 0 bridgehead atoms. The maximum absolute atomic E-state index is 12.3. The Labute approximate surface area is 143 Å². The second-order valence-corrected chi connectivity index (χ2v) is 6.02. The number of rotatable bonds is 6. The van der Waals surface area contributed by atoms with Crippen molar-refractivity contribution in [3.05, 3.63) is 23.8 Å². The van der Waals surface area contributed by atoms with Crippen LogP contribution in [-0.4, -0.2) is 49.9 Å². The molecule has 1 aromatic rings. The zero-order valence-corrected chi connectivity index (χ0v) is 14.8. The summed E-state index contributed by atoms with van der Waals surface area (Å²) >= 11 is 0. The predicted octanol–water partition coefficient (Wildman–Crippen LogP) is 2.84. The van der Waals surface area contributed by atoms with E-state index in [0.717, 1.165) is 18.4 Å². The number of hydrogen-bond donors (Lipinski definition) is 0. The standard InChI is InChI=1S/C18H26N2O4/c1-13-7-5-8-14(2)20(13)17(21)12-24-19-11-15-9-6-10-16(22-3)18(15)23-4/h6,9-11,13-14H,5,7-8,12H2,1-4H3/b19-11-/t13-,14-/m1/s1. The number of methoxy groups -OCH3 is 2. The third kappa shape index (κ3) is 4.19. The molecule has 1 aliphatic heterocycles. The number of para-hydroxylation sites is 1. The van der Waals surface area contributed by atoms with Gasteiger partial charge in [0.2, 0.25) is 0 Å². The van der Waals surface area contributed by atoms with Crippen LogP contribution in [0.2, 0.25) is 0 Å². The Morgan fingerprint density at radius 1 is 1.25 bits per heavy atom. The fourth-order valence-corrected chi connectivity index (χ4v) is 3.19. The molecule has 1 heterocycles. The number of carbonyl (C=O) groups excluding carboxylic acids is 1. The maximum Gasteiger partial charge on any atom is 0.263 e. The molecule has 2 atom stereocenters. The Balaban J connectivity index is 1.94. The largest absolute Gasteiger partial charge is 0.493 e. The predicted molar refractivity (Wildman–Crippen MR) is 92.7 cm³/mol. The van der Waals surface area contributed by atoms with Gasteiger partial charge < -0.3 is 19.2 Å². The van der Waals surface area contributed by atoms with E-state index in [4.69, 9.17) is 14.3 Å². The summed E-state index contributed by atoms with van der Waals surface area (Å²) in [5.41, 5.74) is 0.726. The first kappa shape index (κ1) is 18.1. The SMILES string of the molecule is COc1cccc(/C=N\OCC(=O)N2[C@H](C)CCC[C@H]2C)c1OC. The average molecular weight is 334 g/mol. The highest BCUT2D eigenvalue weighted by molar-refractivity contribution is 5.85. The summed E-state index contributed by atoms with van der Waals surface area (Å²) in [6.07, 6.45) is 4.78. The first-order chi connectivity index (χ1) is 11.6. The van der Waals surface area contributed by atoms with E-state index in [-0.39, 0.29) is 24.6 Å². The molecule has 1 aliphatic rings. The van der Waals surface area contributed by atoms with E-state index in [9.17, 15) is 4.79 Å². The van der Waals surface area contributed by atoms with Crippen LogP contribution in [0.3, 0.4) is 0 Å². The van der Waals surface area contributed by atoms with Gasteiger partial charge in [-0.3, -0.25) is 4.79 Å². The summed E-state index contributed by atoms with van der Waals surface area (Å²) in [6.45, 7) is 4.10. The van der Waals surface area contributed by atoms with Crippen LogP contribution in [0.25, 0.3) is 0 Å². The minimum atomic E-state index is -0.0581. The molecule has 1 aromatic carbocycles. The van der Waals surface area contributed by atoms with Crippen molar-refractivity contribution in [2.24, 2.45) is 5.16 Å². The van der Waals surface area contributed by atoms with Crippen molar-refractivity contribution in [3.8, 4) is 11.5 Å². The molecule has 6 nitrogen and oxygen atoms in total. The van der Waals surface area contributed by atoms with E-state index < -0.39 is 0 Å². The van der Waals surface area contributed by atoms with E-state index >= 15 is 0 Å². The number of carbonyl (C=O) groups is 1. The Morgan fingerprint density at radius 3 is 2.58 bits per heavy atom. The van der Waals surface area contributed by atoms with Crippen LogP contribution in [-0.2, 0) is 9.63 Å². The third-order valence-electron chi connectivity index (χ3n) is 4.37. The summed E-state index contributed by atoms with van der Waals surface area (Å²) < 4.78 is 10.6. The van der Waals surface area contributed by atoms with E-state index in [1.54, 1.807) is 20.3 Å². The molecule has 1 saturated heterocycles. The van der Waals surface area contributed by atoms with Crippen molar-refractivity contribution in [2.45, 2.75) is 45.2 Å². The lowest BCUT2D eigenvalue weighted by Crippen LogP contribution is -2.48. The van der Waals surface area contributed by atoms with Crippen molar-refractivity contribution in [1.29, 1.82) is 0 Å². The molecule has 1 amide bonds. The minimum absolute atomic E-state index is 0.0237. The molecule has 0 unspecified atom stereocenters. The molecule has 0 radical (unpaired) electrons. The van der Waals surface area contributed by atoms with Crippen LogP contribution in [0, 0.1) is 0 Å². The molecule has 1 fully saturated rings. The van der Waals surface area contributed by atoms with Gasteiger partial charge in [-0.05, 0) is 45.2 Å². The third-order valence-corrected chi connectivity index (χ3v) is 4.37. The summed E-state index contributed by atoms with van der Waals surface area (Å²) in [4.78, 5) is 19.4. The van der Waals surface area contributed by atoms with Crippen LogP contribution in [0.4, 0.5) is 0 Å². The zero-order chi connectivity index (χ0) is 17.5. The number of oxime groups is 1. The molecule has 0 aromatic heterocycles. The van der Waals surface area contributed by atoms with Crippen LogP contribution < -0.4 is 9.47 Å². The zero-order valence-electron chi connectivity index (χ0n) is 14.8. The smallest absolute Gasteiger partial charge is 0.263 e. The van der Waals surface area contributed by atoms with Gasteiger partial charge in [-0.1, -0.05) is 11.2 Å². The normalized spacial score (nSPS) is 20.9. The van der Waals surface area contributed by atoms with Crippen LogP contribution in [0.5, 0.6) is 11.5 Å². The number of piperidine rings is 1. The van der Waals surface area contributed by atoms with E-state index in [2.05, 4.69) is 19.0 Å². The molecule has 132 valence electrons. The Morgan fingerprint density at radius 2 is 1.96 bits per heavy atom. The van der Waals surface area contributed by atoms with Gasteiger partial charge in [0.05, 0.1) is 20.4 Å². The first-order valence-electron chi connectivity index (χ1n) is 8.26. The highest BCUT2D eigenvalue weighted by atomic mass is 16.6. The Kier molecular flexibility index (Phi) is 6.46. The van der Waals surface area contributed by atoms with E-state index in [1.165, 1.54) is 12.6 Å². The fraction of sp³-hybridized carbons (Fsp3) is 0.556. The van der Waals surface area contributed by atoms with Gasteiger partial charge in [0.1, 0.15) is 0 Å². The lowest BCUT2D eigenvalue weighted by Gasteiger charge is -2.38. The summed E-state index contributed by atoms with van der Waals surface area (Å²) in [7, 11) is 3.15. The van der Waals surface area contributed by atoms with Gasteiger partial charge in [0.15, 0.2) is 18.1 Å². The molecule has 0 saturated carbocycles. The lowest BCUT2D eigenvalue weighted by atomic mass is 9.97. The van der Waals surface area contributed by atoms with Crippen LogP contribution in [0.15, 0.2) is 23.4 Å². The lowest BCUT2D eigenvalue weighted by molar-refractivity contribution is -0.142. The number of amides is 1. The minimum Gasteiger partial charge on any atom is -0.493 e. The van der Waals surface area contributed by atoms with Gasteiger partial charge in [-0.15, -0.1) is 0 Å². The summed E-state index contributed by atoms with van der Waals surface area (Å²) in [5, 5.41) is 3.90. The molecular formula is C18H26N2O4. The molecular weight excluding hydrogens is 308 g/mol. The second-order valence-electron chi connectivity index (χ2n) is 6.02. The summed E-state index contributed by atoms with van der Waals surface area (Å²) in [6, 6.07) is 6.00. The van der Waals surface area contributed by atoms with Crippen molar-refractivity contribution in [2.75, 3.05) is 20.8 Å². The highest BCUT2D eigenvalue weighted by Crippen LogP contribution is 2.29. The molecule has 0 spiro atoms. The van der Waals surface area contributed by atoms with Gasteiger partial charge in [0, 0.05) is 17.6 Å². The number of nitrogens with zero attached hydrogens (tertiary/aromatic N) is 2. The first-order valence-corrected chi connectivity index (χ1v) is 8.26. The van der Waals surface area contributed by atoms with E-state index in [0.29, 0.717) is 11.5 Å². The number of benzene rings is 1. The van der Waals surface area contributed by atoms with Crippen molar-refractivity contribution < 1.29 is 19.1 Å².